The van der Waals surface area contributed by atoms with Gasteiger partial charge in [0.25, 0.3) is 5.91 Å². The van der Waals surface area contributed by atoms with E-state index in [4.69, 9.17) is 0 Å². The minimum absolute atomic E-state index is 0.0901. The van der Waals surface area contributed by atoms with E-state index in [2.05, 4.69) is 57.8 Å². The minimum Gasteiger partial charge on any atom is -0.337 e. The first-order valence-corrected chi connectivity index (χ1v) is 9.99. The molecule has 6 nitrogen and oxygen atoms in total. The lowest BCUT2D eigenvalue weighted by Gasteiger charge is -2.34. The summed E-state index contributed by atoms with van der Waals surface area (Å²) < 4.78 is 0. The number of rotatable bonds is 5. The van der Waals surface area contributed by atoms with Crippen molar-refractivity contribution >= 4 is 5.91 Å². The number of hydrogen-bond acceptors (Lipinski definition) is 4. The lowest BCUT2D eigenvalue weighted by molar-refractivity contribution is 0.0665. The number of aromatic amines is 1. The molecule has 1 aromatic heterocycles. The molecular formula is C21H29N5O. The van der Waals surface area contributed by atoms with Gasteiger partial charge < -0.3 is 15.1 Å². The summed E-state index contributed by atoms with van der Waals surface area (Å²) in [6.07, 6.45) is 3.05. The summed E-state index contributed by atoms with van der Waals surface area (Å²) in [5.74, 6) is 0.741. The maximum atomic E-state index is 12.9. The zero-order valence-electron chi connectivity index (χ0n) is 16.1. The van der Waals surface area contributed by atoms with Gasteiger partial charge in [-0.05, 0) is 31.4 Å². The van der Waals surface area contributed by atoms with E-state index < -0.39 is 0 Å². The molecule has 2 aliphatic rings. The fourth-order valence-electron chi connectivity index (χ4n) is 4.27. The molecule has 0 unspecified atom stereocenters. The van der Waals surface area contributed by atoms with Gasteiger partial charge in [0.05, 0.1) is 0 Å². The Balaban J connectivity index is 1.28. The summed E-state index contributed by atoms with van der Waals surface area (Å²) in [5.41, 5.74) is 4.16. The second-order valence-electron chi connectivity index (χ2n) is 7.87. The van der Waals surface area contributed by atoms with E-state index >= 15 is 0 Å². The molecule has 0 radical (unpaired) electrons. The summed E-state index contributed by atoms with van der Waals surface area (Å²) in [4.78, 5) is 17.3. The van der Waals surface area contributed by atoms with Gasteiger partial charge in [-0.25, -0.2) is 0 Å². The number of nitrogens with one attached hydrogen (secondary N) is 2. The third-order valence-electron chi connectivity index (χ3n) is 5.78. The van der Waals surface area contributed by atoms with Crippen molar-refractivity contribution in [3.8, 4) is 0 Å². The number of amides is 1. The second kappa shape index (κ2) is 8.23. The Hall–Kier alpha value is -2.18. The first-order chi connectivity index (χ1) is 13.2. The maximum absolute atomic E-state index is 12.9. The van der Waals surface area contributed by atoms with Crippen LogP contribution in [0.1, 0.15) is 40.2 Å². The van der Waals surface area contributed by atoms with Gasteiger partial charge in [-0.1, -0.05) is 30.3 Å². The van der Waals surface area contributed by atoms with Crippen molar-refractivity contribution in [3.05, 3.63) is 52.8 Å². The van der Waals surface area contributed by atoms with Crippen LogP contribution in [0.15, 0.2) is 30.3 Å². The topological polar surface area (TPSA) is 64.3 Å². The van der Waals surface area contributed by atoms with E-state index in [1.54, 1.807) is 0 Å². The Labute approximate surface area is 160 Å². The molecule has 3 heterocycles. The molecule has 0 saturated carbocycles. The molecule has 0 bridgehead atoms. The molecule has 1 fully saturated rings. The fourth-order valence-corrected chi connectivity index (χ4v) is 4.27. The lowest BCUT2D eigenvalue weighted by Crippen LogP contribution is -2.41. The van der Waals surface area contributed by atoms with Crippen molar-refractivity contribution in [2.24, 2.45) is 5.92 Å². The zero-order chi connectivity index (χ0) is 18.6. The first-order valence-electron chi connectivity index (χ1n) is 9.99. The van der Waals surface area contributed by atoms with Crippen LogP contribution >= 0.6 is 0 Å². The minimum atomic E-state index is 0.0901. The maximum Gasteiger partial charge on any atom is 0.274 e. The van der Waals surface area contributed by atoms with Gasteiger partial charge in [0, 0.05) is 56.9 Å². The van der Waals surface area contributed by atoms with Crippen molar-refractivity contribution in [3.63, 3.8) is 0 Å². The van der Waals surface area contributed by atoms with E-state index in [1.165, 1.54) is 5.56 Å². The molecule has 144 valence electrons. The molecule has 0 aliphatic carbocycles. The van der Waals surface area contributed by atoms with Crippen molar-refractivity contribution in [2.75, 3.05) is 33.2 Å². The number of benzene rings is 1. The number of hydrogen-bond donors (Lipinski definition) is 2. The molecule has 0 spiro atoms. The SMILES string of the molecule is CN(Cc1ccccc1)CC1CCN(C(=O)c2n[nH]c3c2CNCC3)CC1. The molecule has 2 N–H and O–H groups in total. The highest BCUT2D eigenvalue weighted by atomic mass is 16.2. The van der Waals surface area contributed by atoms with Crippen molar-refractivity contribution in [2.45, 2.75) is 32.4 Å². The van der Waals surface area contributed by atoms with E-state index in [0.717, 1.165) is 69.8 Å². The van der Waals surface area contributed by atoms with E-state index in [9.17, 15) is 4.79 Å². The molecule has 1 aromatic carbocycles. The number of likely N-dealkylation sites (tertiary alicyclic amines) is 1. The third kappa shape index (κ3) is 4.22. The highest BCUT2D eigenvalue weighted by Crippen LogP contribution is 2.22. The molecule has 1 saturated heterocycles. The number of carbonyl (C=O) groups excluding carboxylic acids is 1. The van der Waals surface area contributed by atoms with E-state index in [0.29, 0.717) is 11.6 Å². The number of aromatic nitrogens is 2. The van der Waals surface area contributed by atoms with Gasteiger partial charge in [0.2, 0.25) is 0 Å². The summed E-state index contributed by atoms with van der Waals surface area (Å²) in [6.45, 7) is 5.42. The largest absolute Gasteiger partial charge is 0.337 e. The Bertz CT molecular complexity index is 764. The first kappa shape index (κ1) is 18.2. The number of piperidine rings is 1. The van der Waals surface area contributed by atoms with Crippen LogP contribution in [-0.2, 0) is 19.5 Å². The quantitative estimate of drug-likeness (QED) is 0.849. The summed E-state index contributed by atoms with van der Waals surface area (Å²) in [5, 5.41) is 10.7. The van der Waals surface area contributed by atoms with Crippen molar-refractivity contribution in [1.29, 1.82) is 0 Å². The molecule has 2 aliphatic heterocycles. The van der Waals surface area contributed by atoms with Gasteiger partial charge in [-0.2, -0.15) is 5.10 Å². The molecule has 4 rings (SSSR count). The highest BCUT2D eigenvalue weighted by Gasteiger charge is 2.29. The van der Waals surface area contributed by atoms with Crippen LogP contribution in [-0.4, -0.2) is 59.1 Å². The van der Waals surface area contributed by atoms with Gasteiger partial charge in [0.15, 0.2) is 5.69 Å². The summed E-state index contributed by atoms with van der Waals surface area (Å²) >= 11 is 0. The lowest BCUT2D eigenvalue weighted by atomic mass is 9.95. The normalized spacial score (nSPS) is 17.9. The van der Waals surface area contributed by atoms with Crippen LogP contribution in [0.2, 0.25) is 0 Å². The average molecular weight is 367 g/mol. The number of H-pyrrole nitrogens is 1. The fraction of sp³-hybridized carbons (Fsp3) is 0.524. The van der Waals surface area contributed by atoms with E-state index in [-0.39, 0.29) is 5.91 Å². The predicted octanol–water partition coefficient (Wildman–Crippen LogP) is 2.04. The van der Waals surface area contributed by atoms with Crippen molar-refractivity contribution in [1.82, 2.24) is 25.3 Å². The third-order valence-corrected chi connectivity index (χ3v) is 5.78. The smallest absolute Gasteiger partial charge is 0.274 e. The van der Waals surface area contributed by atoms with Crippen LogP contribution in [0.3, 0.4) is 0 Å². The second-order valence-corrected chi connectivity index (χ2v) is 7.87. The number of carbonyl (C=O) groups is 1. The Morgan fingerprint density at radius 1 is 1.26 bits per heavy atom. The monoisotopic (exact) mass is 367 g/mol. The molecule has 1 amide bonds. The van der Waals surface area contributed by atoms with Gasteiger partial charge in [-0.15, -0.1) is 0 Å². The summed E-state index contributed by atoms with van der Waals surface area (Å²) in [6, 6.07) is 10.6. The average Bonchev–Trinajstić information content (AvgIpc) is 3.13. The standard InChI is InChI=1S/C21H29N5O/c1-25(14-16-5-3-2-4-6-16)15-17-8-11-26(12-9-17)21(27)20-18-13-22-10-7-19(18)23-24-20/h2-6,17,22H,7-15H2,1H3,(H,23,24). The number of fused-ring (bicyclic) bond motifs is 1. The van der Waals surface area contributed by atoms with Crippen LogP contribution in [0.5, 0.6) is 0 Å². The molecular weight excluding hydrogens is 338 g/mol. The molecule has 0 atom stereocenters. The predicted molar refractivity (Wildman–Crippen MR) is 105 cm³/mol. The van der Waals surface area contributed by atoms with Crippen LogP contribution in [0, 0.1) is 5.92 Å². The zero-order valence-corrected chi connectivity index (χ0v) is 16.1. The Morgan fingerprint density at radius 3 is 2.81 bits per heavy atom. The molecule has 27 heavy (non-hydrogen) atoms. The van der Waals surface area contributed by atoms with Crippen molar-refractivity contribution < 1.29 is 4.79 Å². The van der Waals surface area contributed by atoms with Gasteiger partial charge in [-0.3, -0.25) is 9.89 Å². The van der Waals surface area contributed by atoms with E-state index in [1.807, 2.05) is 4.90 Å². The molecule has 6 heteroatoms. The highest BCUT2D eigenvalue weighted by molar-refractivity contribution is 5.94. The molecule has 2 aromatic rings. The Morgan fingerprint density at radius 2 is 2.04 bits per heavy atom. The van der Waals surface area contributed by atoms with Gasteiger partial charge >= 0.3 is 0 Å². The van der Waals surface area contributed by atoms with Crippen LogP contribution < -0.4 is 5.32 Å². The Kier molecular flexibility index (Phi) is 5.55. The van der Waals surface area contributed by atoms with Crippen LogP contribution in [0.25, 0.3) is 0 Å². The number of nitrogens with zero attached hydrogens (tertiary/aromatic N) is 3. The van der Waals surface area contributed by atoms with Crippen LogP contribution in [0.4, 0.5) is 0 Å². The van der Waals surface area contributed by atoms with Gasteiger partial charge in [0.1, 0.15) is 0 Å². The summed E-state index contributed by atoms with van der Waals surface area (Å²) in [7, 11) is 2.19.